The summed E-state index contributed by atoms with van der Waals surface area (Å²) in [7, 11) is 0. The minimum Gasteiger partial charge on any atom is -0.361 e. The van der Waals surface area contributed by atoms with Crippen LogP contribution in [0.2, 0.25) is 0 Å². The van der Waals surface area contributed by atoms with Crippen molar-refractivity contribution in [3.63, 3.8) is 0 Å². The van der Waals surface area contributed by atoms with Crippen LogP contribution in [-0.2, 0) is 6.54 Å². The van der Waals surface area contributed by atoms with E-state index in [1.807, 2.05) is 0 Å². The highest BCUT2D eigenvalue weighted by Gasteiger charge is 2.12. The molecule has 18 heavy (non-hydrogen) atoms. The molecule has 0 saturated carbocycles. The first-order chi connectivity index (χ1) is 8.56. The van der Waals surface area contributed by atoms with Crippen LogP contribution < -0.4 is 5.32 Å². The molecule has 1 heterocycles. The molecule has 1 aromatic carbocycles. The summed E-state index contributed by atoms with van der Waals surface area (Å²) in [6, 6.07) is 6.13. The number of carbonyl (C=O) groups excluding carboxylic acids is 1. The molecule has 0 atom stereocenters. The molecule has 1 aromatic heterocycles. The number of halogens is 1. The Morgan fingerprint density at radius 2 is 2.17 bits per heavy atom. The van der Waals surface area contributed by atoms with Crippen LogP contribution in [0.25, 0.3) is 0 Å². The minimum absolute atomic E-state index is 0.0372. The van der Waals surface area contributed by atoms with Crippen molar-refractivity contribution < 1.29 is 13.7 Å². The van der Waals surface area contributed by atoms with Gasteiger partial charge in [0.1, 0.15) is 17.3 Å². The van der Waals surface area contributed by atoms with Gasteiger partial charge in [-0.05, 0) is 26.0 Å². The summed E-state index contributed by atoms with van der Waals surface area (Å²) < 4.78 is 18.3. The molecule has 1 N–H and O–H groups in total. The first kappa shape index (κ1) is 12.3. The molecule has 1 amide bonds. The maximum absolute atomic E-state index is 13.5. The molecule has 5 heteroatoms. The number of amides is 1. The topological polar surface area (TPSA) is 55.1 Å². The highest BCUT2D eigenvalue weighted by atomic mass is 19.1. The summed E-state index contributed by atoms with van der Waals surface area (Å²) in [5, 5.41) is 6.33. The third kappa shape index (κ3) is 2.74. The van der Waals surface area contributed by atoms with Gasteiger partial charge < -0.3 is 9.84 Å². The molecule has 0 aliphatic rings. The molecule has 94 valence electrons. The normalized spacial score (nSPS) is 10.4. The molecule has 4 nitrogen and oxygen atoms in total. The van der Waals surface area contributed by atoms with Crippen molar-refractivity contribution >= 4 is 5.91 Å². The van der Waals surface area contributed by atoms with Crippen molar-refractivity contribution in [1.82, 2.24) is 10.5 Å². The average molecular weight is 248 g/mol. The highest BCUT2D eigenvalue weighted by molar-refractivity contribution is 5.94. The molecule has 2 aromatic rings. The zero-order valence-electron chi connectivity index (χ0n) is 10.2. The Labute approximate surface area is 104 Å². The number of hydrogen-bond acceptors (Lipinski definition) is 3. The molecular formula is C13H13FN2O2. The van der Waals surface area contributed by atoms with Crippen LogP contribution in [0.4, 0.5) is 4.39 Å². The lowest BCUT2D eigenvalue weighted by atomic mass is 10.1. The van der Waals surface area contributed by atoms with Gasteiger partial charge in [-0.15, -0.1) is 0 Å². The number of aromatic nitrogens is 1. The molecule has 0 saturated heterocycles. The lowest BCUT2D eigenvalue weighted by Gasteiger charge is -2.05. The SMILES string of the molecule is Cc1ccc(F)c(C(=O)NCc2cc(C)on2)c1. The molecule has 0 spiro atoms. The summed E-state index contributed by atoms with van der Waals surface area (Å²) in [6.45, 7) is 3.78. The first-order valence-corrected chi connectivity index (χ1v) is 5.53. The number of aryl methyl sites for hydroxylation is 2. The van der Waals surface area contributed by atoms with E-state index in [4.69, 9.17) is 4.52 Å². The van der Waals surface area contributed by atoms with Gasteiger partial charge in [-0.2, -0.15) is 0 Å². The maximum atomic E-state index is 13.5. The summed E-state index contributed by atoms with van der Waals surface area (Å²) in [5.41, 5.74) is 1.47. The first-order valence-electron chi connectivity index (χ1n) is 5.53. The van der Waals surface area contributed by atoms with E-state index in [-0.39, 0.29) is 12.1 Å². The zero-order valence-corrected chi connectivity index (χ0v) is 10.2. The third-order valence-electron chi connectivity index (χ3n) is 2.47. The number of nitrogens with zero attached hydrogens (tertiary/aromatic N) is 1. The van der Waals surface area contributed by atoms with Crippen LogP contribution >= 0.6 is 0 Å². The molecule has 0 bridgehead atoms. The van der Waals surface area contributed by atoms with Crippen LogP contribution in [0.1, 0.15) is 27.4 Å². The fourth-order valence-corrected chi connectivity index (χ4v) is 1.58. The third-order valence-corrected chi connectivity index (χ3v) is 2.47. The van der Waals surface area contributed by atoms with Gasteiger partial charge in [0, 0.05) is 6.07 Å². The predicted octanol–water partition coefficient (Wildman–Crippen LogP) is 2.36. The Bertz CT molecular complexity index is 578. The van der Waals surface area contributed by atoms with Crippen LogP contribution in [-0.4, -0.2) is 11.1 Å². The Morgan fingerprint density at radius 1 is 1.39 bits per heavy atom. The Morgan fingerprint density at radius 3 is 2.83 bits per heavy atom. The number of rotatable bonds is 3. The Balaban J connectivity index is 2.05. The van der Waals surface area contributed by atoms with E-state index in [1.165, 1.54) is 12.1 Å². The second-order valence-electron chi connectivity index (χ2n) is 4.09. The van der Waals surface area contributed by atoms with Crippen molar-refractivity contribution in [2.75, 3.05) is 0 Å². The highest BCUT2D eigenvalue weighted by Crippen LogP contribution is 2.10. The quantitative estimate of drug-likeness (QED) is 0.907. The largest absolute Gasteiger partial charge is 0.361 e. The predicted molar refractivity (Wildman–Crippen MR) is 63.5 cm³/mol. The lowest BCUT2D eigenvalue weighted by Crippen LogP contribution is -2.24. The maximum Gasteiger partial charge on any atom is 0.254 e. The van der Waals surface area contributed by atoms with Crippen LogP contribution in [0.3, 0.4) is 0 Å². The Hall–Kier alpha value is -2.17. The molecule has 0 aliphatic heterocycles. The summed E-state index contributed by atoms with van der Waals surface area (Å²) in [4.78, 5) is 11.8. The van der Waals surface area contributed by atoms with Crippen molar-refractivity contribution in [2.45, 2.75) is 20.4 Å². The van der Waals surface area contributed by atoms with E-state index in [0.29, 0.717) is 11.5 Å². The van der Waals surface area contributed by atoms with E-state index >= 15 is 0 Å². The number of carbonyl (C=O) groups is 1. The number of benzene rings is 1. The summed E-state index contributed by atoms with van der Waals surface area (Å²) in [5.74, 6) is -0.327. The van der Waals surface area contributed by atoms with Gasteiger partial charge >= 0.3 is 0 Å². The van der Waals surface area contributed by atoms with E-state index in [0.717, 1.165) is 5.56 Å². The number of hydrogen-bond donors (Lipinski definition) is 1. The smallest absolute Gasteiger partial charge is 0.254 e. The van der Waals surface area contributed by atoms with Crippen LogP contribution in [0.15, 0.2) is 28.8 Å². The standard InChI is InChI=1S/C13H13FN2O2/c1-8-3-4-12(14)11(5-8)13(17)15-7-10-6-9(2)18-16-10/h3-6H,7H2,1-2H3,(H,15,17). The van der Waals surface area contributed by atoms with Gasteiger partial charge in [-0.1, -0.05) is 16.8 Å². The molecule has 0 fully saturated rings. The van der Waals surface area contributed by atoms with E-state index in [9.17, 15) is 9.18 Å². The molecule has 0 radical (unpaired) electrons. The molecular weight excluding hydrogens is 235 g/mol. The number of nitrogens with one attached hydrogen (secondary N) is 1. The molecule has 2 rings (SSSR count). The van der Waals surface area contributed by atoms with E-state index < -0.39 is 11.7 Å². The molecule has 0 aliphatic carbocycles. The van der Waals surface area contributed by atoms with Gasteiger partial charge in [0.2, 0.25) is 0 Å². The van der Waals surface area contributed by atoms with Crippen molar-refractivity contribution in [1.29, 1.82) is 0 Å². The van der Waals surface area contributed by atoms with E-state index in [2.05, 4.69) is 10.5 Å². The Kier molecular flexibility index (Phi) is 3.41. The van der Waals surface area contributed by atoms with Gasteiger partial charge in [0.15, 0.2) is 0 Å². The molecule has 0 unspecified atom stereocenters. The zero-order chi connectivity index (χ0) is 13.1. The lowest BCUT2D eigenvalue weighted by molar-refractivity contribution is 0.0946. The van der Waals surface area contributed by atoms with Gasteiger partial charge in [-0.3, -0.25) is 4.79 Å². The second-order valence-corrected chi connectivity index (χ2v) is 4.09. The van der Waals surface area contributed by atoms with Gasteiger partial charge in [0.05, 0.1) is 12.1 Å². The monoisotopic (exact) mass is 248 g/mol. The summed E-state index contributed by atoms with van der Waals surface area (Å²) in [6.07, 6.45) is 0. The fourth-order valence-electron chi connectivity index (χ4n) is 1.58. The van der Waals surface area contributed by atoms with Crippen molar-refractivity contribution in [3.05, 3.63) is 52.7 Å². The van der Waals surface area contributed by atoms with Crippen LogP contribution in [0, 0.1) is 19.7 Å². The minimum atomic E-state index is -0.533. The van der Waals surface area contributed by atoms with Crippen molar-refractivity contribution in [3.8, 4) is 0 Å². The fraction of sp³-hybridized carbons (Fsp3) is 0.231. The van der Waals surface area contributed by atoms with Gasteiger partial charge in [-0.25, -0.2) is 4.39 Å². The second kappa shape index (κ2) is 5.00. The van der Waals surface area contributed by atoms with Crippen LogP contribution in [0.5, 0.6) is 0 Å². The summed E-state index contributed by atoms with van der Waals surface area (Å²) >= 11 is 0. The van der Waals surface area contributed by atoms with Gasteiger partial charge in [0.25, 0.3) is 5.91 Å². The van der Waals surface area contributed by atoms with E-state index in [1.54, 1.807) is 26.0 Å². The van der Waals surface area contributed by atoms with Crippen molar-refractivity contribution in [2.24, 2.45) is 0 Å². The average Bonchev–Trinajstić information content (AvgIpc) is 2.75.